The normalized spacial score (nSPS) is 12.7. The van der Waals surface area contributed by atoms with E-state index in [2.05, 4.69) is 20.6 Å². The SMILES string of the molecule is Cc1cc(=O)nc(NC(=O)NC(CCC(=O)OC(C)(C)C)C(=O)OC(C)(C)C)[nH]1. The van der Waals surface area contributed by atoms with E-state index in [4.69, 9.17) is 9.47 Å². The van der Waals surface area contributed by atoms with E-state index in [0.29, 0.717) is 5.69 Å². The van der Waals surface area contributed by atoms with Gasteiger partial charge in [0.05, 0.1) is 0 Å². The fourth-order valence-electron chi connectivity index (χ4n) is 2.22. The van der Waals surface area contributed by atoms with Gasteiger partial charge in [0.25, 0.3) is 5.56 Å². The van der Waals surface area contributed by atoms with Gasteiger partial charge in [0.1, 0.15) is 17.2 Å². The first-order valence-corrected chi connectivity index (χ1v) is 9.25. The third kappa shape index (κ3) is 10.3. The Hall–Kier alpha value is -2.91. The van der Waals surface area contributed by atoms with Crippen LogP contribution < -0.4 is 16.2 Å². The first-order valence-electron chi connectivity index (χ1n) is 9.25. The van der Waals surface area contributed by atoms with Crippen LogP contribution >= 0.6 is 0 Å². The van der Waals surface area contributed by atoms with Gasteiger partial charge < -0.3 is 19.8 Å². The third-order valence-electron chi connectivity index (χ3n) is 3.16. The molecule has 0 fully saturated rings. The number of nitrogens with one attached hydrogen (secondary N) is 3. The van der Waals surface area contributed by atoms with E-state index in [0.717, 1.165) is 0 Å². The van der Waals surface area contributed by atoms with Crippen LogP contribution in [-0.4, -0.2) is 45.2 Å². The molecule has 162 valence electrons. The molecule has 0 aliphatic carbocycles. The summed E-state index contributed by atoms with van der Waals surface area (Å²) in [6.07, 6.45) is -0.115. The summed E-state index contributed by atoms with van der Waals surface area (Å²) in [5, 5.41) is 4.81. The molecule has 3 N–H and O–H groups in total. The van der Waals surface area contributed by atoms with E-state index >= 15 is 0 Å². The molecule has 1 heterocycles. The topological polar surface area (TPSA) is 139 Å². The maximum atomic E-state index is 12.5. The van der Waals surface area contributed by atoms with Crippen molar-refractivity contribution in [2.24, 2.45) is 0 Å². The Morgan fingerprint density at radius 1 is 1.10 bits per heavy atom. The number of ether oxygens (including phenoxy) is 2. The first kappa shape index (κ1) is 24.1. The quantitative estimate of drug-likeness (QED) is 0.610. The molecule has 1 aromatic heterocycles. The number of urea groups is 1. The Balaban J connectivity index is 2.84. The fourth-order valence-corrected chi connectivity index (χ4v) is 2.22. The van der Waals surface area contributed by atoms with Crippen LogP contribution in [0.3, 0.4) is 0 Å². The number of carbonyl (C=O) groups excluding carboxylic acids is 3. The van der Waals surface area contributed by atoms with Crippen LogP contribution in [0.2, 0.25) is 0 Å². The average molecular weight is 410 g/mol. The van der Waals surface area contributed by atoms with Crippen LogP contribution in [0.4, 0.5) is 10.7 Å². The number of hydrogen-bond donors (Lipinski definition) is 3. The summed E-state index contributed by atoms with van der Waals surface area (Å²) >= 11 is 0. The van der Waals surface area contributed by atoms with Gasteiger partial charge in [-0.05, 0) is 54.9 Å². The molecule has 0 aliphatic heterocycles. The molecule has 2 amide bonds. The molecule has 10 nitrogen and oxygen atoms in total. The van der Waals surface area contributed by atoms with Crippen molar-refractivity contribution in [3.63, 3.8) is 0 Å². The minimum atomic E-state index is -1.10. The molecule has 29 heavy (non-hydrogen) atoms. The average Bonchev–Trinajstić information content (AvgIpc) is 2.46. The lowest BCUT2D eigenvalue weighted by molar-refractivity contribution is -0.158. The Labute approximate surface area is 169 Å². The van der Waals surface area contributed by atoms with Crippen molar-refractivity contribution >= 4 is 23.9 Å². The van der Waals surface area contributed by atoms with Gasteiger partial charge in [0, 0.05) is 18.2 Å². The summed E-state index contributed by atoms with van der Waals surface area (Å²) in [5.74, 6) is -1.26. The molecule has 1 rings (SSSR count). The van der Waals surface area contributed by atoms with Crippen LogP contribution in [0.1, 0.15) is 60.1 Å². The molecule has 1 unspecified atom stereocenters. The van der Waals surface area contributed by atoms with Gasteiger partial charge >= 0.3 is 18.0 Å². The number of hydrogen-bond acceptors (Lipinski definition) is 7. The predicted octanol–water partition coefficient (Wildman–Crippen LogP) is 2.03. The minimum Gasteiger partial charge on any atom is -0.460 e. The molecule has 1 atom stereocenters. The van der Waals surface area contributed by atoms with Gasteiger partial charge in [-0.15, -0.1) is 0 Å². The van der Waals surface area contributed by atoms with Gasteiger partial charge in [-0.25, -0.2) is 9.59 Å². The predicted molar refractivity (Wildman–Crippen MR) is 106 cm³/mol. The highest BCUT2D eigenvalue weighted by atomic mass is 16.6. The minimum absolute atomic E-state index is 0.0188. The molecule has 0 saturated heterocycles. The zero-order valence-corrected chi connectivity index (χ0v) is 18.0. The molecule has 0 aromatic carbocycles. The van der Waals surface area contributed by atoms with Crippen molar-refractivity contribution < 1.29 is 23.9 Å². The number of carbonyl (C=O) groups is 3. The zero-order chi connectivity index (χ0) is 22.4. The number of esters is 2. The van der Waals surface area contributed by atoms with Gasteiger partial charge in [-0.3, -0.25) is 14.9 Å². The molecular formula is C19H30N4O6. The Kier molecular flexibility index (Phi) is 7.93. The van der Waals surface area contributed by atoms with E-state index < -0.39 is 40.8 Å². The van der Waals surface area contributed by atoms with Crippen LogP contribution in [-0.2, 0) is 19.1 Å². The second-order valence-electron chi connectivity index (χ2n) is 8.56. The molecule has 0 aliphatic rings. The van der Waals surface area contributed by atoms with Crippen molar-refractivity contribution in [3.8, 4) is 0 Å². The first-order chi connectivity index (χ1) is 13.1. The second kappa shape index (κ2) is 9.53. The molecule has 0 bridgehead atoms. The van der Waals surface area contributed by atoms with E-state index in [-0.39, 0.29) is 18.8 Å². The highest BCUT2D eigenvalue weighted by Gasteiger charge is 2.28. The molecule has 0 spiro atoms. The highest BCUT2D eigenvalue weighted by Crippen LogP contribution is 2.13. The number of aromatic nitrogens is 2. The number of aromatic amines is 1. The number of rotatable bonds is 6. The number of nitrogens with zero attached hydrogens (tertiary/aromatic N) is 1. The summed E-state index contributed by atoms with van der Waals surface area (Å²) in [4.78, 5) is 54.5. The van der Waals surface area contributed by atoms with Gasteiger partial charge in [0.15, 0.2) is 0 Å². The molecular weight excluding hydrogens is 380 g/mol. The molecule has 0 saturated carbocycles. The molecule has 10 heteroatoms. The summed E-state index contributed by atoms with van der Waals surface area (Å²) in [6, 6.07) is -0.606. The Morgan fingerprint density at radius 3 is 2.21 bits per heavy atom. The Bertz CT molecular complexity index is 804. The summed E-state index contributed by atoms with van der Waals surface area (Å²) < 4.78 is 10.5. The van der Waals surface area contributed by atoms with E-state index in [1.807, 2.05) is 0 Å². The lowest BCUT2D eigenvalue weighted by Gasteiger charge is -2.25. The van der Waals surface area contributed by atoms with E-state index in [9.17, 15) is 19.2 Å². The maximum absolute atomic E-state index is 12.5. The summed E-state index contributed by atoms with van der Waals surface area (Å²) in [5.41, 5.74) is -1.45. The lowest BCUT2D eigenvalue weighted by atomic mass is 10.1. The van der Waals surface area contributed by atoms with Gasteiger partial charge in [0.2, 0.25) is 5.95 Å². The van der Waals surface area contributed by atoms with Crippen LogP contribution in [0.15, 0.2) is 10.9 Å². The van der Waals surface area contributed by atoms with E-state index in [1.54, 1.807) is 48.5 Å². The number of anilines is 1. The van der Waals surface area contributed by atoms with Crippen molar-refractivity contribution in [2.75, 3.05) is 5.32 Å². The lowest BCUT2D eigenvalue weighted by Crippen LogP contribution is -2.46. The monoisotopic (exact) mass is 410 g/mol. The van der Waals surface area contributed by atoms with Crippen molar-refractivity contribution in [1.29, 1.82) is 0 Å². The van der Waals surface area contributed by atoms with E-state index in [1.165, 1.54) is 6.07 Å². The standard InChI is InChI=1S/C19H30N4O6/c1-11-10-13(24)22-16(20-11)23-17(27)21-12(15(26)29-19(5,6)7)8-9-14(25)28-18(2,3)4/h10,12H,8-9H2,1-7H3,(H3,20,21,22,23,24,27). The maximum Gasteiger partial charge on any atom is 0.329 e. The fraction of sp³-hybridized carbons (Fsp3) is 0.632. The van der Waals surface area contributed by atoms with Gasteiger partial charge in [-0.2, -0.15) is 4.98 Å². The highest BCUT2D eigenvalue weighted by molar-refractivity contribution is 5.91. The van der Waals surface area contributed by atoms with Crippen LogP contribution in [0.25, 0.3) is 0 Å². The largest absolute Gasteiger partial charge is 0.460 e. The van der Waals surface area contributed by atoms with Gasteiger partial charge in [-0.1, -0.05) is 0 Å². The number of amides is 2. The number of aryl methyl sites for hydroxylation is 1. The summed E-state index contributed by atoms with van der Waals surface area (Å²) in [7, 11) is 0. The molecule has 1 aromatic rings. The van der Waals surface area contributed by atoms with Crippen molar-refractivity contribution in [1.82, 2.24) is 15.3 Å². The van der Waals surface area contributed by atoms with Crippen LogP contribution in [0, 0.1) is 6.92 Å². The van der Waals surface area contributed by atoms with Crippen molar-refractivity contribution in [3.05, 3.63) is 22.1 Å². The Morgan fingerprint density at radius 2 is 1.69 bits per heavy atom. The number of H-pyrrole nitrogens is 1. The summed E-state index contributed by atoms with van der Waals surface area (Å²) in [6.45, 7) is 11.9. The molecule has 0 radical (unpaired) electrons. The van der Waals surface area contributed by atoms with Crippen LogP contribution in [0.5, 0.6) is 0 Å². The zero-order valence-electron chi connectivity index (χ0n) is 18.0. The second-order valence-corrected chi connectivity index (χ2v) is 8.56. The smallest absolute Gasteiger partial charge is 0.329 e. The van der Waals surface area contributed by atoms with Crippen molar-refractivity contribution in [2.45, 2.75) is 78.6 Å². The third-order valence-corrected chi connectivity index (χ3v) is 3.16.